The van der Waals surface area contributed by atoms with Gasteiger partial charge < -0.3 is 4.98 Å². The Balaban J connectivity index is 1.97. The van der Waals surface area contributed by atoms with Crippen LogP contribution in [-0.2, 0) is 12.8 Å². The summed E-state index contributed by atoms with van der Waals surface area (Å²) >= 11 is 1.69. The van der Waals surface area contributed by atoms with Crippen molar-refractivity contribution >= 4 is 21.6 Å². The second-order valence-electron chi connectivity index (χ2n) is 5.83. The molecule has 0 amide bonds. The van der Waals surface area contributed by atoms with E-state index >= 15 is 0 Å². The Morgan fingerprint density at radius 2 is 1.90 bits per heavy atom. The van der Waals surface area contributed by atoms with Gasteiger partial charge in [-0.15, -0.1) is 11.3 Å². The van der Waals surface area contributed by atoms with E-state index in [1.165, 1.54) is 21.6 Å². The first-order valence-electron chi connectivity index (χ1n) is 7.25. The quantitative estimate of drug-likeness (QED) is 0.743. The van der Waals surface area contributed by atoms with Crippen molar-refractivity contribution in [1.82, 2.24) is 9.97 Å². The van der Waals surface area contributed by atoms with Gasteiger partial charge in [-0.2, -0.15) is 0 Å². The van der Waals surface area contributed by atoms with Gasteiger partial charge in [0.15, 0.2) is 0 Å². The van der Waals surface area contributed by atoms with E-state index in [2.05, 4.69) is 37.0 Å². The summed E-state index contributed by atoms with van der Waals surface area (Å²) in [6.45, 7) is 4.12. The molecule has 21 heavy (non-hydrogen) atoms. The number of fused-ring (bicyclic) bond motifs is 3. The summed E-state index contributed by atoms with van der Waals surface area (Å²) in [4.78, 5) is 22.4. The van der Waals surface area contributed by atoms with E-state index in [1.807, 2.05) is 0 Å². The van der Waals surface area contributed by atoms with Crippen LogP contribution in [0.1, 0.15) is 28.0 Å². The van der Waals surface area contributed by atoms with Crippen LogP contribution in [0, 0.1) is 13.8 Å². The molecule has 106 valence electrons. The van der Waals surface area contributed by atoms with Gasteiger partial charge in [0.2, 0.25) is 0 Å². The van der Waals surface area contributed by atoms with Crippen LogP contribution in [0.3, 0.4) is 0 Å². The molecule has 2 aromatic heterocycles. The summed E-state index contributed by atoms with van der Waals surface area (Å²) in [6, 6.07) is 6.26. The molecular formula is C17H16N2OS. The zero-order valence-corrected chi connectivity index (χ0v) is 12.9. The Bertz CT molecular complexity index is 900. The molecule has 0 unspecified atom stereocenters. The lowest BCUT2D eigenvalue weighted by Crippen LogP contribution is -2.09. The number of hydrogen-bond donors (Lipinski definition) is 1. The van der Waals surface area contributed by atoms with Crippen LogP contribution in [0.5, 0.6) is 0 Å². The second-order valence-corrected chi connectivity index (χ2v) is 6.91. The fraction of sp³-hybridized carbons (Fsp3) is 0.294. The maximum atomic E-state index is 12.5. The molecule has 1 aromatic carbocycles. The normalized spacial score (nSPS) is 13.8. The highest BCUT2D eigenvalue weighted by atomic mass is 32.1. The van der Waals surface area contributed by atoms with Crippen molar-refractivity contribution < 1.29 is 0 Å². The van der Waals surface area contributed by atoms with Gasteiger partial charge in [0.1, 0.15) is 10.7 Å². The molecule has 0 radical (unpaired) electrons. The van der Waals surface area contributed by atoms with E-state index in [9.17, 15) is 4.79 Å². The standard InChI is InChI=1S/C17H16N2OS/c1-9-6-10(2)8-11(7-9)15-18-16(20)14-12-4-3-5-13(12)21-17(14)19-15/h6-8H,3-5H2,1-2H3,(H,18,19,20). The maximum Gasteiger partial charge on any atom is 0.260 e. The topological polar surface area (TPSA) is 45.8 Å². The Hall–Kier alpha value is -1.94. The molecule has 0 fully saturated rings. The Morgan fingerprint density at radius 3 is 2.67 bits per heavy atom. The molecule has 1 N–H and O–H groups in total. The predicted molar refractivity (Wildman–Crippen MR) is 87.2 cm³/mol. The van der Waals surface area contributed by atoms with Crippen LogP contribution in [0.15, 0.2) is 23.0 Å². The minimum atomic E-state index is 0.00793. The van der Waals surface area contributed by atoms with Crippen LogP contribution >= 0.6 is 11.3 Å². The third kappa shape index (κ3) is 2.02. The molecule has 4 rings (SSSR count). The predicted octanol–water partition coefficient (Wildman–Crippen LogP) is 3.76. The average molecular weight is 296 g/mol. The Kier molecular flexibility index (Phi) is 2.76. The van der Waals surface area contributed by atoms with Crippen LogP contribution in [0.25, 0.3) is 21.6 Å². The molecule has 1 aliphatic rings. The number of nitrogens with one attached hydrogen (secondary N) is 1. The smallest absolute Gasteiger partial charge is 0.260 e. The first-order valence-corrected chi connectivity index (χ1v) is 8.07. The number of thiophene rings is 1. The molecule has 4 heteroatoms. The summed E-state index contributed by atoms with van der Waals surface area (Å²) in [5.74, 6) is 0.680. The zero-order chi connectivity index (χ0) is 14.6. The van der Waals surface area contributed by atoms with Crippen molar-refractivity contribution in [3.05, 3.63) is 50.1 Å². The molecule has 0 aliphatic heterocycles. The number of aromatic amines is 1. The molecule has 0 bridgehead atoms. The van der Waals surface area contributed by atoms with Crippen molar-refractivity contribution in [2.75, 3.05) is 0 Å². The van der Waals surface area contributed by atoms with Crippen molar-refractivity contribution in [3.8, 4) is 11.4 Å². The first-order chi connectivity index (χ1) is 10.1. The van der Waals surface area contributed by atoms with E-state index in [4.69, 9.17) is 4.98 Å². The highest BCUT2D eigenvalue weighted by molar-refractivity contribution is 7.18. The number of hydrogen-bond acceptors (Lipinski definition) is 3. The molecule has 0 saturated heterocycles. The molecule has 0 saturated carbocycles. The van der Waals surface area contributed by atoms with Crippen molar-refractivity contribution in [2.24, 2.45) is 0 Å². The third-order valence-corrected chi connectivity index (χ3v) is 5.26. The van der Waals surface area contributed by atoms with Crippen molar-refractivity contribution in [2.45, 2.75) is 33.1 Å². The van der Waals surface area contributed by atoms with Crippen LogP contribution in [-0.4, -0.2) is 9.97 Å². The number of benzene rings is 1. The molecule has 0 atom stereocenters. The number of rotatable bonds is 1. The van der Waals surface area contributed by atoms with Gasteiger partial charge >= 0.3 is 0 Å². The SMILES string of the molecule is Cc1cc(C)cc(-c2nc3sc4c(c3c(=O)[nH]2)CCC4)c1. The molecule has 2 heterocycles. The number of aromatic nitrogens is 2. The van der Waals surface area contributed by atoms with Gasteiger partial charge in [0, 0.05) is 10.4 Å². The molecule has 0 spiro atoms. The molecule has 3 nitrogen and oxygen atoms in total. The maximum absolute atomic E-state index is 12.5. The monoisotopic (exact) mass is 296 g/mol. The van der Waals surface area contributed by atoms with Gasteiger partial charge in [-0.25, -0.2) is 4.98 Å². The average Bonchev–Trinajstić information content (AvgIpc) is 2.96. The highest BCUT2D eigenvalue weighted by Gasteiger charge is 2.21. The number of H-pyrrole nitrogens is 1. The van der Waals surface area contributed by atoms with Crippen LogP contribution in [0.2, 0.25) is 0 Å². The summed E-state index contributed by atoms with van der Waals surface area (Å²) in [5, 5.41) is 0.820. The lowest BCUT2D eigenvalue weighted by atomic mass is 10.1. The van der Waals surface area contributed by atoms with Gasteiger partial charge in [0.05, 0.1) is 5.39 Å². The van der Waals surface area contributed by atoms with Gasteiger partial charge in [0.25, 0.3) is 5.56 Å². The first kappa shape index (κ1) is 12.8. The van der Waals surface area contributed by atoms with E-state index < -0.39 is 0 Å². The summed E-state index contributed by atoms with van der Waals surface area (Å²) in [7, 11) is 0. The minimum absolute atomic E-state index is 0.00793. The summed E-state index contributed by atoms with van der Waals surface area (Å²) in [5.41, 5.74) is 4.59. The van der Waals surface area contributed by atoms with E-state index in [1.54, 1.807) is 11.3 Å². The van der Waals surface area contributed by atoms with Crippen LogP contribution < -0.4 is 5.56 Å². The number of aryl methyl sites for hydroxylation is 4. The third-order valence-electron chi connectivity index (χ3n) is 4.07. The molecule has 3 aromatic rings. The molecular weight excluding hydrogens is 280 g/mol. The van der Waals surface area contributed by atoms with E-state index in [-0.39, 0.29) is 5.56 Å². The fourth-order valence-electron chi connectivity index (χ4n) is 3.25. The summed E-state index contributed by atoms with van der Waals surface area (Å²) < 4.78 is 0. The van der Waals surface area contributed by atoms with E-state index in [0.29, 0.717) is 5.82 Å². The van der Waals surface area contributed by atoms with Crippen molar-refractivity contribution in [3.63, 3.8) is 0 Å². The fourth-order valence-corrected chi connectivity index (χ4v) is 4.51. The van der Waals surface area contributed by atoms with Gasteiger partial charge in [-0.1, -0.05) is 17.2 Å². The highest BCUT2D eigenvalue weighted by Crippen LogP contribution is 2.35. The Morgan fingerprint density at radius 1 is 1.14 bits per heavy atom. The Labute approximate surface area is 126 Å². The van der Waals surface area contributed by atoms with Gasteiger partial charge in [-0.05, 0) is 50.8 Å². The largest absolute Gasteiger partial charge is 0.306 e. The van der Waals surface area contributed by atoms with Crippen LogP contribution in [0.4, 0.5) is 0 Å². The minimum Gasteiger partial charge on any atom is -0.306 e. The lowest BCUT2D eigenvalue weighted by molar-refractivity contribution is 0.916. The molecule has 1 aliphatic carbocycles. The lowest BCUT2D eigenvalue weighted by Gasteiger charge is -2.05. The van der Waals surface area contributed by atoms with Gasteiger partial charge in [-0.3, -0.25) is 4.79 Å². The second kappa shape index (κ2) is 4.53. The zero-order valence-electron chi connectivity index (χ0n) is 12.1. The van der Waals surface area contributed by atoms with E-state index in [0.717, 1.165) is 35.0 Å². The van der Waals surface area contributed by atoms with Crippen molar-refractivity contribution in [1.29, 1.82) is 0 Å². The number of nitrogens with zero attached hydrogens (tertiary/aromatic N) is 1. The summed E-state index contributed by atoms with van der Waals surface area (Å²) in [6.07, 6.45) is 3.27.